The van der Waals surface area contributed by atoms with E-state index in [1.165, 1.54) is 19.3 Å². The third kappa shape index (κ3) is 2.68. The van der Waals surface area contributed by atoms with Crippen molar-refractivity contribution in [3.63, 3.8) is 0 Å². The number of ether oxygens (including phenoxy) is 1. The molecule has 2 fully saturated rings. The summed E-state index contributed by atoms with van der Waals surface area (Å²) >= 11 is 0. The molecule has 5 heteroatoms. The van der Waals surface area contributed by atoms with Gasteiger partial charge in [0, 0.05) is 6.04 Å². The summed E-state index contributed by atoms with van der Waals surface area (Å²) in [7, 11) is 1.66. The molecule has 0 radical (unpaired) electrons. The maximum absolute atomic E-state index is 13.8. The molecule has 1 aromatic rings. The summed E-state index contributed by atoms with van der Waals surface area (Å²) in [6.07, 6.45) is 10.0. The highest BCUT2D eigenvalue weighted by Crippen LogP contribution is 2.48. The fourth-order valence-corrected chi connectivity index (χ4v) is 5.14. The smallest absolute Gasteiger partial charge is 0.262 e. The van der Waals surface area contributed by atoms with Crippen LogP contribution in [0.1, 0.15) is 63.4 Å². The van der Waals surface area contributed by atoms with Gasteiger partial charge in [0.25, 0.3) is 5.91 Å². The van der Waals surface area contributed by atoms with E-state index in [1.54, 1.807) is 7.11 Å². The summed E-state index contributed by atoms with van der Waals surface area (Å²) in [6.45, 7) is 0. The maximum Gasteiger partial charge on any atom is 0.262 e. The van der Waals surface area contributed by atoms with Gasteiger partial charge in [-0.3, -0.25) is 9.69 Å². The minimum absolute atomic E-state index is 0.0963. The molecule has 1 amide bonds. The lowest BCUT2D eigenvalue weighted by Gasteiger charge is -2.35. The monoisotopic (exact) mass is 355 g/mol. The second-order valence-corrected chi connectivity index (χ2v) is 7.91. The topological polar surface area (TPSA) is 67.9 Å². The van der Waals surface area contributed by atoms with Crippen molar-refractivity contribution in [2.45, 2.75) is 69.4 Å². The fraction of sp³-hybridized carbons (Fsp3) is 0.619. The van der Waals surface area contributed by atoms with E-state index in [9.17, 15) is 4.79 Å². The van der Waals surface area contributed by atoms with E-state index in [0.29, 0.717) is 5.96 Å². The van der Waals surface area contributed by atoms with E-state index < -0.39 is 5.54 Å². The van der Waals surface area contributed by atoms with Crippen LogP contribution in [0.4, 0.5) is 0 Å². The van der Waals surface area contributed by atoms with Gasteiger partial charge in [-0.2, -0.15) is 0 Å². The Bertz CT molecular complexity index is 688. The number of hydrogen-bond donors (Lipinski definition) is 1. The first-order chi connectivity index (χ1) is 12.7. The molecule has 1 aliphatic heterocycles. The number of nitrogens with zero attached hydrogens (tertiary/aromatic N) is 2. The van der Waals surface area contributed by atoms with Gasteiger partial charge in [-0.05, 0) is 49.3 Å². The van der Waals surface area contributed by atoms with Crippen LogP contribution in [0.5, 0.6) is 5.75 Å². The van der Waals surface area contributed by atoms with Gasteiger partial charge in [-0.15, -0.1) is 0 Å². The van der Waals surface area contributed by atoms with Gasteiger partial charge in [0.2, 0.25) is 0 Å². The second kappa shape index (κ2) is 6.93. The summed E-state index contributed by atoms with van der Waals surface area (Å²) in [6, 6.07) is 8.05. The van der Waals surface area contributed by atoms with E-state index in [1.807, 2.05) is 29.2 Å². The Labute approximate surface area is 155 Å². The minimum atomic E-state index is -0.843. The van der Waals surface area contributed by atoms with Crippen molar-refractivity contribution in [2.24, 2.45) is 16.6 Å². The summed E-state index contributed by atoms with van der Waals surface area (Å²) in [5.74, 6) is 1.54. The molecule has 0 bridgehead atoms. The molecule has 5 nitrogen and oxygen atoms in total. The van der Waals surface area contributed by atoms with E-state index >= 15 is 0 Å². The zero-order valence-corrected chi connectivity index (χ0v) is 15.6. The summed E-state index contributed by atoms with van der Waals surface area (Å²) < 4.78 is 5.30. The molecule has 2 N–H and O–H groups in total. The highest BCUT2D eigenvalue weighted by molar-refractivity contribution is 6.07. The zero-order chi connectivity index (χ0) is 18.1. The van der Waals surface area contributed by atoms with Crippen LogP contribution >= 0.6 is 0 Å². The second-order valence-electron chi connectivity index (χ2n) is 7.91. The van der Waals surface area contributed by atoms with E-state index in [4.69, 9.17) is 15.5 Å². The molecule has 1 unspecified atom stereocenters. The van der Waals surface area contributed by atoms with Gasteiger partial charge in [0.1, 0.15) is 5.75 Å². The highest BCUT2D eigenvalue weighted by atomic mass is 16.5. The predicted octanol–water partition coefficient (Wildman–Crippen LogP) is 3.57. The molecule has 1 heterocycles. The number of hydrogen-bond acceptors (Lipinski definition) is 4. The Morgan fingerprint density at radius 3 is 2.27 bits per heavy atom. The number of methoxy groups -OCH3 is 1. The van der Waals surface area contributed by atoms with E-state index in [-0.39, 0.29) is 17.9 Å². The molecule has 3 aliphatic rings. The van der Waals surface area contributed by atoms with Crippen molar-refractivity contribution in [3.8, 4) is 5.75 Å². The normalized spacial score (nSPS) is 27.8. The molecule has 26 heavy (non-hydrogen) atoms. The average Bonchev–Trinajstić information content (AvgIpc) is 3.30. The van der Waals surface area contributed by atoms with Crippen LogP contribution < -0.4 is 10.5 Å². The van der Waals surface area contributed by atoms with Crippen LogP contribution in [0.3, 0.4) is 0 Å². The van der Waals surface area contributed by atoms with E-state index in [0.717, 1.165) is 49.8 Å². The van der Waals surface area contributed by atoms with Gasteiger partial charge < -0.3 is 10.5 Å². The van der Waals surface area contributed by atoms with Crippen LogP contribution in [0.2, 0.25) is 0 Å². The largest absolute Gasteiger partial charge is 0.497 e. The number of carbonyl (C=O) groups excluding carboxylic acids is 1. The molecular formula is C21H29N3O2. The lowest BCUT2D eigenvalue weighted by Crippen LogP contribution is -2.51. The number of guanidine groups is 1. The van der Waals surface area contributed by atoms with Gasteiger partial charge >= 0.3 is 0 Å². The number of nitrogens with two attached hydrogens (primary N) is 1. The van der Waals surface area contributed by atoms with Crippen molar-refractivity contribution in [3.05, 3.63) is 29.8 Å². The summed E-state index contributed by atoms with van der Waals surface area (Å²) in [5, 5.41) is 0. The first-order valence-electron chi connectivity index (χ1n) is 10.0. The first-order valence-corrected chi connectivity index (χ1v) is 10.0. The lowest BCUT2D eigenvalue weighted by atomic mass is 9.76. The zero-order valence-electron chi connectivity index (χ0n) is 15.6. The highest BCUT2D eigenvalue weighted by Gasteiger charge is 2.55. The predicted molar refractivity (Wildman–Crippen MR) is 102 cm³/mol. The Balaban J connectivity index is 1.74. The number of rotatable bonds is 4. The molecule has 2 aliphatic carbocycles. The van der Waals surface area contributed by atoms with Crippen LogP contribution in [0.25, 0.3) is 0 Å². The summed E-state index contributed by atoms with van der Waals surface area (Å²) in [4.78, 5) is 20.5. The van der Waals surface area contributed by atoms with Gasteiger partial charge in [0.05, 0.1) is 7.11 Å². The van der Waals surface area contributed by atoms with E-state index in [2.05, 4.69) is 0 Å². The molecule has 1 atom stereocenters. The number of carbonyl (C=O) groups is 1. The molecule has 2 saturated carbocycles. The van der Waals surface area contributed by atoms with Crippen molar-refractivity contribution in [2.75, 3.05) is 7.11 Å². The quantitative estimate of drug-likeness (QED) is 0.898. The third-order valence-corrected chi connectivity index (χ3v) is 6.50. The Morgan fingerprint density at radius 1 is 1.04 bits per heavy atom. The SMILES string of the molecule is COc1ccc(C2(C3CCCC3)N=C(N)N(C3CCCCC3)C2=O)cc1. The molecule has 0 spiro atoms. The van der Waals surface area contributed by atoms with Crippen LogP contribution in [-0.2, 0) is 10.3 Å². The van der Waals surface area contributed by atoms with Gasteiger partial charge in [0.15, 0.2) is 11.5 Å². The molecule has 1 aromatic carbocycles. The average molecular weight is 355 g/mol. The molecule has 0 saturated heterocycles. The van der Waals surface area contributed by atoms with Crippen molar-refractivity contribution >= 4 is 11.9 Å². The van der Waals surface area contributed by atoms with Crippen molar-refractivity contribution < 1.29 is 9.53 Å². The summed E-state index contributed by atoms with van der Waals surface area (Å²) in [5.41, 5.74) is 6.48. The lowest BCUT2D eigenvalue weighted by molar-refractivity contribution is -0.135. The Morgan fingerprint density at radius 2 is 1.65 bits per heavy atom. The number of aliphatic imine (C=N–C) groups is 1. The molecule has 4 rings (SSSR count). The first kappa shape index (κ1) is 17.4. The molecule has 0 aromatic heterocycles. The third-order valence-electron chi connectivity index (χ3n) is 6.50. The fourth-order valence-electron chi connectivity index (χ4n) is 5.14. The van der Waals surface area contributed by atoms with Gasteiger partial charge in [-0.1, -0.05) is 44.2 Å². The number of amides is 1. The van der Waals surface area contributed by atoms with Crippen LogP contribution in [0.15, 0.2) is 29.3 Å². The number of benzene rings is 1. The van der Waals surface area contributed by atoms with Crippen molar-refractivity contribution in [1.82, 2.24) is 4.90 Å². The Kier molecular flexibility index (Phi) is 4.63. The molecular weight excluding hydrogens is 326 g/mol. The Hall–Kier alpha value is -2.04. The molecule has 140 valence electrons. The van der Waals surface area contributed by atoms with Crippen molar-refractivity contribution in [1.29, 1.82) is 0 Å². The van der Waals surface area contributed by atoms with Gasteiger partial charge in [-0.25, -0.2) is 4.99 Å². The standard InChI is InChI=1S/C21H29N3O2/c1-26-18-13-11-16(12-14-18)21(15-7-5-6-8-15)19(25)24(20(22)23-21)17-9-3-2-4-10-17/h11-15,17H,2-10H2,1H3,(H2,22,23). The minimum Gasteiger partial charge on any atom is -0.497 e. The van der Waals surface area contributed by atoms with Crippen LogP contribution in [-0.4, -0.2) is 29.9 Å². The maximum atomic E-state index is 13.8. The van der Waals surface area contributed by atoms with Crippen LogP contribution in [0, 0.1) is 5.92 Å².